The Kier molecular flexibility index (Phi) is 9.66. The standard InChI is InChI=1S/C27H40N4O3S/c1-19(18-27(2,3)4)16-24(33)31(21-11-7-6-8-12-21)15-14-23(32)28-26-30-29-25(35-26)20-10-9-13-22(17-20)34-5/h9-10,13,17,19,21H,6-8,11-12,14-16,18H2,1-5H3,(H,28,30,32). The molecule has 2 amide bonds. The normalized spacial score (nSPS) is 15.5. The molecule has 1 aliphatic carbocycles. The van der Waals surface area contributed by atoms with Crippen LogP contribution in [0.5, 0.6) is 5.75 Å². The Morgan fingerprint density at radius 2 is 1.94 bits per heavy atom. The third kappa shape index (κ3) is 8.60. The summed E-state index contributed by atoms with van der Waals surface area (Å²) in [5.41, 5.74) is 1.08. The largest absolute Gasteiger partial charge is 0.497 e. The first-order valence-electron chi connectivity index (χ1n) is 12.7. The third-order valence-corrected chi connectivity index (χ3v) is 7.28. The molecule has 35 heavy (non-hydrogen) atoms. The molecule has 1 aromatic carbocycles. The number of hydrogen-bond donors (Lipinski definition) is 1. The van der Waals surface area contributed by atoms with Gasteiger partial charge in [-0.15, -0.1) is 10.2 Å². The molecule has 3 rings (SSSR count). The Hall–Kier alpha value is -2.48. The first-order valence-corrected chi connectivity index (χ1v) is 13.5. The molecule has 0 saturated heterocycles. The van der Waals surface area contributed by atoms with E-state index in [1.54, 1.807) is 7.11 Å². The van der Waals surface area contributed by atoms with E-state index < -0.39 is 0 Å². The van der Waals surface area contributed by atoms with Crippen LogP contribution in [-0.2, 0) is 9.59 Å². The number of carbonyl (C=O) groups excluding carboxylic acids is 2. The highest BCUT2D eigenvalue weighted by molar-refractivity contribution is 7.18. The molecule has 1 N–H and O–H groups in total. The van der Waals surface area contributed by atoms with Crippen LogP contribution in [0.2, 0.25) is 0 Å². The predicted octanol–water partition coefficient (Wildman–Crippen LogP) is 6.17. The van der Waals surface area contributed by atoms with Crippen molar-refractivity contribution in [3.8, 4) is 16.3 Å². The van der Waals surface area contributed by atoms with Crippen LogP contribution in [0.25, 0.3) is 10.6 Å². The molecule has 8 heteroatoms. The molecule has 0 aliphatic heterocycles. The van der Waals surface area contributed by atoms with Crippen LogP contribution >= 0.6 is 11.3 Å². The van der Waals surface area contributed by atoms with Crippen molar-refractivity contribution < 1.29 is 14.3 Å². The molecule has 0 radical (unpaired) electrons. The van der Waals surface area contributed by atoms with Gasteiger partial charge in [-0.2, -0.15) is 0 Å². The number of carbonyl (C=O) groups is 2. The smallest absolute Gasteiger partial charge is 0.227 e. The molecule has 0 bridgehead atoms. The monoisotopic (exact) mass is 500 g/mol. The van der Waals surface area contributed by atoms with Crippen LogP contribution in [0.1, 0.15) is 79.1 Å². The lowest BCUT2D eigenvalue weighted by Crippen LogP contribution is -2.43. The van der Waals surface area contributed by atoms with Gasteiger partial charge in [0.15, 0.2) is 0 Å². The van der Waals surface area contributed by atoms with Crippen LogP contribution in [0.3, 0.4) is 0 Å². The Labute approximate surface area is 213 Å². The summed E-state index contributed by atoms with van der Waals surface area (Å²) in [4.78, 5) is 28.0. The molecule has 1 saturated carbocycles. The van der Waals surface area contributed by atoms with Crippen molar-refractivity contribution in [1.29, 1.82) is 0 Å². The van der Waals surface area contributed by atoms with E-state index in [0.29, 0.717) is 29.0 Å². The number of nitrogens with one attached hydrogen (secondary N) is 1. The minimum absolute atomic E-state index is 0.144. The Morgan fingerprint density at radius 1 is 1.20 bits per heavy atom. The number of aromatic nitrogens is 2. The van der Waals surface area contributed by atoms with Gasteiger partial charge in [-0.1, -0.05) is 70.4 Å². The molecule has 7 nitrogen and oxygen atoms in total. The lowest BCUT2D eigenvalue weighted by molar-refractivity contribution is -0.135. The van der Waals surface area contributed by atoms with Crippen molar-refractivity contribution in [3.05, 3.63) is 24.3 Å². The first kappa shape index (κ1) is 27.1. The zero-order chi connectivity index (χ0) is 25.4. The number of amides is 2. The SMILES string of the molecule is COc1cccc(-c2nnc(NC(=O)CCN(C(=O)CC(C)CC(C)(C)C)C3CCCCC3)s2)c1. The second kappa shape index (κ2) is 12.5. The molecular formula is C27H40N4O3S. The molecule has 0 spiro atoms. The van der Waals surface area contributed by atoms with Crippen molar-refractivity contribution >= 4 is 28.3 Å². The number of benzene rings is 1. The average molecular weight is 501 g/mol. The van der Waals surface area contributed by atoms with Crippen molar-refractivity contribution in [2.45, 2.75) is 85.1 Å². The first-order chi connectivity index (χ1) is 16.6. The maximum Gasteiger partial charge on any atom is 0.227 e. The average Bonchev–Trinajstić information content (AvgIpc) is 3.27. The fourth-order valence-electron chi connectivity index (χ4n) is 4.99. The molecule has 1 aromatic heterocycles. The summed E-state index contributed by atoms with van der Waals surface area (Å²) in [5, 5.41) is 12.4. The van der Waals surface area contributed by atoms with Gasteiger partial charge >= 0.3 is 0 Å². The molecular weight excluding hydrogens is 460 g/mol. The number of hydrogen-bond acceptors (Lipinski definition) is 6. The van der Waals surface area contributed by atoms with Gasteiger partial charge in [0.2, 0.25) is 16.9 Å². The topological polar surface area (TPSA) is 84.4 Å². The zero-order valence-corrected chi connectivity index (χ0v) is 22.6. The van der Waals surface area contributed by atoms with Gasteiger partial charge in [-0.25, -0.2) is 0 Å². The van der Waals surface area contributed by atoms with Gasteiger partial charge in [0.05, 0.1) is 7.11 Å². The maximum absolute atomic E-state index is 13.3. The van der Waals surface area contributed by atoms with E-state index in [1.807, 2.05) is 29.2 Å². The van der Waals surface area contributed by atoms with E-state index in [9.17, 15) is 9.59 Å². The summed E-state index contributed by atoms with van der Waals surface area (Å²) in [6.07, 6.45) is 7.38. The molecule has 1 heterocycles. The summed E-state index contributed by atoms with van der Waals surface area (Å²) >= 11 is 1.33. The number of methoxy groups -OCH3 is 1. The summed E-state index contributed by atoms with van der Waals surface area (Å²) in [6, 6.07) is 7.83. The van der Waals surface area contributed by atoms with Crippen molar-refractivity contribution in [2.75, 3.05) is 19.0 Å². The number of anilines is 1. The highest BCUT2D eigenvalue weighted by Crippen LogP contribution is 2.30. The van der Waals surface area contributed by atoms with E-state index in [1.165, 1.54) is 17.8 Å². The minimum Gasteiger partial charge on any atom is -0.497 e. The van der Waals surface area contributed by atoms with Crippen LogP contribution in [0, 0.1) is 11.3 Å². The summed E-state index contributed by atoms with van der Waals surface area (Å²) in [5.74, 6) is 1.10. The molecule has 192 valence electrons. The molecule has 1 aliphatic rings. The lowest BCUT2D eigenvalue weighted by atomic mass is 9.84. The van der Waals surface area contributed by atoms with Crippen molar-refractivity contribution in [3.63, 3.8) is 0 Å². The van der Waals surface area contributed by atoms with E-state index >= 15 is 0 Å². The number of nitrogens with zero attached hydrogens (tertiary/aromatic N) is 3. The molecule has 1 unspecified atom stereocenters. The van der Waals surface area contributed by atoms with Gasteiger partial charge in [-0.3, -0.25) is 9.59 Å². The second-order valence-electron chi connectivity index (χ2n) is 10.9. The van der Waals surface area contributed by atoms with Crippen molar-refractivity contribution in [2.24, 2.45) is 11.3 Å². The number of rotatable bonds is 10. The maximum atomic E-state index is 13.3. The van der Waals surface area contributed by atoms with Crippen LogP contribution in [0.15, 0.2) is 24.3 Å². The van der Waals surface area contributed by atoms with Gasteiger partial charge in [0.1, 0.15) is 10.8 Å². The van der Waals surface area contributed by atoms with E-state index in [0.717, 1.165) is 43.4 Å². The zero-order valence-electron chi connectivity index (χ0n) is 21.8. The van der Waals surface area contributed by atoms with Crippen molar-refractivity contribution in [1.82, 2.24) is 15.1 Å². The van der Waals surface area contributed by atoms with Gasteiger partial charge in [0, 0.05) is 31.0 Å². The summed E-state index contributed by atoms with van der Waals surface area (Å²) in [6.45, 7) is 9.24. The molecule has 1 atom stereocenters. The molecule has 1 fully saturated rings. The van der Waals surface area contributed by atoms with Gasteiger partial charge in [0.25, 0.3) is 0 Å². The Morgan fingerprint density at radius 3 is 2.63 bits per heavy atom. The highest BCUT2D eigenvalue weighted by atomic mass is 32.1. The fraction of sp³-hybridized carbons (Fsp3) is 0.630. The predicted molar refractivity (Wildman–Crippen MR) is 142 cm³/mol. The van der Waals surface area contributed by atoms with Crippen LogP contribution in [-0.4, -0.2) is 46.6 Å². The quantitative estimate of drug-likeness (QED) is 0.422. The van der Waals surface area contributed by atoms with E-state index in [4.69, 9.17) is 4.74 Å². The fourth-order valence-corrected chi connectivity index (χ4v) is 5.74. The van der Waals surface area contributed by atoms with Crippen LogP contribution < -0.4 is 10.1 Å². The highest BCUT2D eigenvalue weighted by Gasteiger charge is 2.28. The third-order valence-electron chi connectivity index (χ3n) is 6.39. The summed E-state index contributed by atoms with van der Waals surface area (Å²) < 4.78 is 5.27. The number of ether oxygens (including phenoxy) is 1. The molecule has 2 aromatic rings. The Balaban J connectivity index is 1.59. The summed E-state index contributed by atoms with van der Waals surface area (Å²) in [7, 11) is 1.62. The van der Waals surface area contributed by atoms with Crippen LogP contribution in [0.4, 0.5) is 5.13 Å². The van der Waals surface area contributed by atoms with Gasteiger partial charge in [-0.05, 0) is 42.7 Å². The van der Waals surface area contributed by atoms with Gasteiger partial charge < -0.3 is 15.0 Å². The van der Waals surface area contributed by atoms with E-state index in [2.05, 4.69) is 43.2 Å². The minimum atomic E-state index is -0.144. The lowest BCUT2D eigenvalue weighted by Gasteiger charge is -2.35. The van der Waals surface area contributed by atoms with E-state index in [-0.39, 0.29) is 29.7 Å². The Bertz CT molecular complexity index is 979. The second-order valence-corrected chi connectivity index (χ2v) is 11.9.